The number of aromatic amines is 1. The molecule has 0 unspecified atom stereocenters. The van der Waals surface area contributed by atoms with Crippen LogP contribution < -0.4 is 4.74 Å². The first-order valence-electron chi connectivity index (χ1n) is 8.82. The SMILES string of the molecule is O=C(/C=C/c1cccc(OCc2ccc(F)cc2)c1)c1nc2ccccc2[nH]1. The smallest absolute Gasteiger partial charge is 0.221 e. The highest BCUT2D eigenvalue weighted by atomic mass is 19.1. The number of H-pyrrole nitrogens is 1. The summed E-state index contributed by atoms with van der Waals surface area (Å²) < 4.78 is 18.7. The first kappa shape index (κ1) is 17.7. The van der Waals surface area contributed by atoms with Crippen molar-refractivity contribution in [2.75, 3.05) is 0 Å². The maximum Gasteiger partial charge on any atom is 0.221 e. The summed E-state index contributed by atoms with van der Waals surface area (Å²) in [4.78, 5) is 19.7. The third kappa shape index (κ3) is 4.15. The minimum atomic E-state index is -0.273. The molecule has 1 heterocycles. The van der Waals surface area contributed by atoms with Crippen LogP contribution in [0.3, 0.4) is 0 Å². The average molecular weight is 372 g/mol. The third-order valence-corrected chi connectivity index (χ3v) is 4.23. The number of aromatic nitrogens is 2. The predicted octanol–water partition coefficient (Wildman–Crippen LogP) is 5.18. The number of benzene rings is 3. The van der Waals surface area contributed by atoms with Gasteiger partial charge in [-0.15, -0.1) is 0 Å². The molecule has 0 saturated carbocycles. The summed E-state index contributed by atoms with van der Waals surface area (Å²) in [6.45, 7) is 0.339. The average Bonchev–Trinajstić information content (AvgIpc) is 3.16. The molecule has 5 heteroatoms. The molecule has 0 fully saturated rings. The fourth-order valence-corrected chi connectivity index (χ4v) is 2.78. The van der Waals surface area contributed by atoms with Gasteiger partial charge in [0.1, 0.15) is 18.2 Å². The lowest BCUT2D eigenvalue weighted by atomic mass is 10.2. The topological polar surface area (TPSA) is 55.0 Å². The highest BCUT2D eigenvalue weighted by molar-refractivity contribution is 6.05. The van der Waals surface area contributed by atoms with Crippen molar-refractivity contribution in [1.29, 1.82) is 0 Å². The fraction of sp³-hybridized carbons (Fsp3) is 0.0435. The number of fused-ring (bicyclic) bond motifs is 1. The Balaban J connectivity index is 1.43. The second-order valence-corrected chi connectivity index (χ2v) is 6.29. The molecule has 0 aliphatic carbocycles. The summed E-state index contributed by atoms with van der Waals surface area (Å²) in [5.41, 5.74) is 3.30. The molecule has 28 heavy (non-hydrogen) atoms. The van der Waals surface area contributed by atoms with Gasteiger partial charge in [-0.25, -0.2) is 9.37 Å². The van der Waals surface area contributed by atoms with E-state index in [0.717, 1.165) is 22.2 Å². The molecule has 0 radical (unpaired) electrons. The molecular formula is C23H17FN2O2. The van der Waals surface area contributed by atoms with Crippen molar-refractivity contribution in [2.45, 2.75) is 6.61 Å². The Labute approximate surface area is 161 Å². The summed E-state index contributed by atoms with van der Waals surface area (Å²) in [6, 6.07) is 21.1. The lowest BCUT2D eigenvalue weighted by Gasteiger charge is -2.07. The number of imidazole rings is 1. The lowest BCUT2D eigenvalue weighted by Crippen LogP contribution is -1.97. The summed E-state index contributed by atoms with van der Waals surface area (Å²) in [5.74, 6) is 0.502. The number of rotatable bonds is 6. The molecule has 138 valence electrons. The van der Waals surface area contributed by atoms with E-state index in [1.807, 2.05) is 48.5 Å². The van der Waals surface area contributed by atoms with Gasteiger partial charge in [0.25, 0.3) is 0 Å². The van der Waals surface area contributed by atoms with Crippen LogP contribution in [0.2, 0.25) is 0 Å². The second-order valence-electron chi connectivity index (χ2n) is 6.29. The van der Waals surface area contributed by atoms with E-state index in [4.69, 9.17) is 4.74 Å². The van der Waals surface area contributed by atoms with Crippen molar-refractivity contribution in [3.05, 3.63) is 102 Å². The molecule has 4 rings (SSSR count). The Bertz CT molecular complexity index is 1110. The van der Waals surface area contributed by atoms with E-state index >= 15 is 0 Å². The normalized spacial score (nSPS) is 11.2. The largest absolute Gasteiger partial charge is 0.489 e. The molecule has 4 aromatic rings. The Hall–Kier alpha value is -3.73. The van der Waals surface area contributed by atoms with Crippen molar-refractivity contribution in [2.24, 2.45) is 0 Å². The number of hydrogen-bond donors (Lipinski definition) is 1. The lowest BCUT2D eigenvalue weighted by molar-refractivity contribution is 0.103. The van der Waals surface area contributed by atoms with E-state index in [1.165, 1.54) is 18.2 Å². The van der Waals surface area contributed by atoms with Gasteiger partial charge >= 0.3 is 0 Å². The molecule has 0 bridgehead atoms. The molecule has 0 aliphatic rings. The highest BCUT2D eigenvalue weighted by Gasteiger charge is 2.08. The summed E-state index contributed by atoms with van der Waals surface area (Å²) in [7, 11) is 0. The Morgan fingerprint density at radius 3 is 2.68 bits per heavy atom. The van der Waals surface area contributed by atoms with Crippen LogP contribution in [0.1, 0.15) is 21.7 Å². The van der Waals surface area contributed by atoms with Crippen LogP contribution in [0.15, 0.2) is 78.9 Å². The Morgan fingerprint density at radius 1 is 1.04 bits per heavy atom. The van der Waals surface area contributed by atoms with Crippen LogP contribution in [0.5, 0.6) is 5.75 Å². The van der Waals surface area contributed by atoms with Gasteiger partial charge < -0.3 is 9.72 Å². The second kappa shape index (κ2) is 7.88. The number of nitrogens with one attached hydrogen (secondary N) is 1. The van der Waals surface area contributed by atoms with E-state index in [0.29, 0.717) is 18.2 Å². The number of para-hydroxylation sites is 2. The van der Waals surface area contributed by atoms with E-state index in [1.54, 1.807) is 18.2 Å². The zero-order valence-electron chi connectivity index (χ0n) is 14.9. The van der Waals surface area contributed by atoms with Gasteiger partial charge in [-0.05, 0) is 53.6 Å². The zero-order valence-corrected chi connectivity index (χ0v) is 14.9. The van der Waals surface area contributed by atoms with Crippen LogP contribution in [0, 0.1) is 5.82 Å². The standard InChI is InChI=1S/C23H17FN2O2/c24-18-11-8-17(9-12-18)15-28-19-5-3-4-16(14-19)10-13-22(27)23-25-20-6-1-2-7-21(20)26-23/h1-14H,15H2,(H,25,26)/b13-10+. The van der Waals surface area contributed by atoms with Gasteiger partial charge in [0.2, 0.25) is 5.78 Å². The minimum absolute atomic E-state index is 0.200. The number of allylic oxidation sites excluding steroid dienone is 1. The van der Waals surface area contributed by atoms with Gasteiger partial charge in [0.05, 0.1) is 11.0 Å². The Kier molecular flexibility index (Phi) is 4.97. The minimum Gasteiger partial charge on any atom is -0.489 e. The van der Waals surface area contributed by atoms with Crippen LogP contribution in [0.4, 0.5) is 4.39 Å². The highest BCUT2D eigenvalue weighted by Crippen LogP contribution is 2.17. The van der Waals surface area contributed by atoms with E-state index < -0.39 is 0 Å². The van der Waals surface area contributed by atoms with E-state index in [9.17, 15) is 9.18 Å². The molecule has 4 nitrogen and oxygen atoms in total. The van der Waals surface area contributed by atoms with Gasteiger partial charge in [0.15, 0.2) is 5.82 Å². The molecule has 0 aliphatic heterocycles. The number of carbonyl (C=O) groups excluding carboxylic acids is 1. The van der Waals surface area contributed by atoms with Gasteiger partial charge in [-0.2, -0.15) is 0 Å². The zero-order chi connectivity index (χ0) is 19.3. The first-order valence-corrected chi connectivity index (χ1v) is 8.82. The number of nitrogens with zero attached hydrogens (tertiary/aromatic N) is 1. The number of hydrogen-bond acceptors (Lipinski definition) is 3. The number of ketones is 1. The van der Waals surface area contributed by atoms with Crippen molar-refractivity contribution in [3.8, 4) is 5.75 Å². The van der Waals surface area contributed by atoms with Gasteiger partial charge in [-0.3, -0.25) is 4.79 Å². The number of halogens is 1. The van der Waals surface area contributed by atoms with Gasteiger partial charge in [-0.1, -0.05) is 42.5 Å². The molecule has 1 aromatic heterocycles. The predicted molar refractivity (Wildman–Crippen MR) is 107 cm³/mol. The van der Waals surface area contributed by atoms with Crippen molar-refractivity contribution >= 4 is 22.9 Å². The maximum absolute atomic E-state index is 13.0. The molecule has 0 spiro atoms. The quantitative estimate of drug-likeness (QED) is 0.375. The van der Waals surface area contributed by atoms with Crippen LogP contribution in [-0.4, -0.2) is 15.8 Å². The van der Waals surface area contributed by atoms with Gasteiger partial charge in [0, 0.05) is 0 Å². The van der Waals surface area contributed by atoms with Crippen molar-refractivity contribution in [3.63, 3.8) is 0 Å². The summed E-state index contributed by atoms with van der Waals surface area (Å²) in [5, 5.41) is 0. The summed E-state index contributed by atoms with van der Waals surface area (Å²) in [6.07, 6.45) is 3.21. The third-order valence-electron chi connectivity index (χ3n) is 4.23. The molecule has 1 N–H and O–H groups in total. The molecule has 3 aromatic carbocycles. The molecular weight excluding hydrogens is 355 g/mol. The van der Waals surface area contributed by atoms with E-state index in [-0.39, 0.29) is 11.6 Å². The number of carbonyl (C=O) groups is 1. The van der Waals surface area contributed by atoms with E-state index in [2.05, 4.69) is 9.97 Å². The fourth-order valence-electron chi connectivity index (χ4n) is 2.78. The number of ether oxygens (including phenoxy) is 1. The molecule has 0 amide bonds. The molecule has 0 atom stereocenters. The summed E-state index contributed by atoms with van der Waals surface area (Å²) >= 11 is 0. The monoisotopic (exact) mass is 372 g/mol. The maximum atomic E-state index is 13.0. The van der Waals surface area contributed by atoms with Crippen LogP contribution >= 0.6 is 0 Å². The van der Waals surface area contributed by atoms with Crippen LogP contribution in [0.25, 0.3) is 17.1 Å². The Morgan fingerprint density at radius 2 is 1.86 bits per heavy atom. The van der Waals surface area contributed by atoms with Crippen molar-refractivity contribution < 1.29 is 13.9 Å². The molecule has 0 saturated heterocycles. The first-order chi connectivity index (χ1) is 13.7. The van der Waals surface area contributed by atoms with Crippen molar-refractivity contribution in [1.82, 2.24) is 9.97 Å². The van der Waals surface area contributed by atoms with Crippen LogP contribution in [-0.2, 0) is 6.61 Å².